The molecule has 1 aliphatic heterocycles. The van der Waals surface area contributed by atoms with Gasteiger partial charge in [0, 0.05) is 6.54 Å². The first-order valence-corrected chi connectivity index (χ1v) is 12.5. The number of hydrogen-bond acceptors (Lipinski definition) is 5. The summed E-state index contributed by atoms with van der Waals surface area (Å²) >= 11 is 11.9. The van der Waals surface area contributed by atoms with Crippen LogP contribution in [0.5, 0.6) is 5.75 Å². The first-order valence-electron chi connectivity index (χ1n) is 10.3. The van der Waals surface area contributed by atoms with Gasteiger partial charge in [0.2, 0.25) is 10.0 Å². The molecule has 2 N–H and O–H groups in total. The molecule has 0 spiro atoms. The summed E-state index contributed by atoms with van der Waals surface area (Å²) in [5.41, 5.74) is -0.487. The van der Waals surface area contributed by atoms with Gasteiger partial charge in [-0.2, -0.15) is 0 Å². The molecule has 1 heterocycles. The fraction of sp³-hybridized carbons (Fsp3) is 0.409. The largest absolute Gasteiger partial charge is 0.489 e. The molecule has 1 saturated heterocycles. The lowest BCUT2D eigenvalue weighted by Crippen LogP contribution is -2.60. The molecule has 0 saturated carbocycles. The topological polar surface area (TPSA) is 95.9 Å². The Labute approximate surface area is 198 Å². The van der Waals surface area contributed by atoms with E-state index in [2.05, 4.69) is 4.72 Å². The standard InChI is InChI=1S/C22H26Cl2N2O5S/c1-22(21(27)28,26-11-3-2-4-12-26)15-25-32(29,30)18-8-6-17(7-9-18)31-14-16-5-10-19(23)20(24)13-16/h5-10,13,25H,2-4,11-12,14-15H2,1H3,(H,27,28)/t22-/m0/s1. The van der Waals surface area contributed by atoms with Gasteiger partial charge in [0.25, 0.3) is 0 Å². The van der Waals surface area contributed by atoms with Crippen LogP contribution in [0.1, 0.15) is 31.7 Å². The highest BCUT2D eigenvalue weighted by molar-refractivity contribution is 7.89. The lowest BCUT2D eigenvalue weighted by molar-refractivity contribution is -0.150. The molecular weight excluding hydrogens is 475 g/mol. The average Bonchev–Trinajstić information content (AvgIpc) is 2.79. The van der Waals surface area contributed by atoms with Crippen LogP contribution >= 0.6 is 23.2 Å². The van der Waals surface area contributed by atoms with Gasteiger partial charge < -0.3 is 9.84 Å². The number of hydrogen-bond donors (Lipinski definition) is 2. The second kappa shape index (κ2) is 10.4. The van der Waals surface area contributed by atoms with Crippen LogP contribution in [0.3, 0.4) is 0 Å². The molecule has 2 aromatic carbocycles. The summed E-state index contributed by atoms with van der Waals surface area (Å²) in [6, 6.07) is 11.1. The minimum atomic E-state index is -3.89. The van der Waals surface area contributed by atoms with E-state index in [1.54, 1.807) is 37.3 Å². The molecule has 0 aliphatic carbocycles. The Balaban J connectivity index is 1.63. The smallest absolute Gasteiger partial charge is 0.325 e. The van der Waals surface area contributed by atoms with E-state index in [0.29, 0.717) is 28.9 Å². The fourth-order valence-electron chi connectivity index (χ4n) is 3.54. The second-order valence-corrected chi connectivity index (χ2v) is 10.5. The van der Waals surface area contributed by atoms with Crippen molar-refractivity contribution in [3.63, 3.8) is 0 Å². The van der Waals surface area contributed by atoms with Crippen LogP contribution in [0.4, 0.5) is 0 Å². The Kier molecular flexibility index (Phi) is 8.06. The Hall–Kier alpha value is -1.84. The van der Waals surface area contributed by atoms with Crippen LogP contribution in [0, 0.1) is 0 Å². The number of likely N-dealkylation sites (tertiary alicyclic amines) is 1. The van der Waals surface area contributed by atoms with Gasteiger partial charge in [0.05, 0.1) is 14.9 Å². The molecule has 7 nitrogen and oxygen atoms in total. The molecular formula is C22H26Cl2N2O5S. The second-order valence-electron chi connectivity index (χ2n) is 7.96. The summed E-state index contributed by atoms with van der Waals surface area (Å²) in [5, 5.41) is 10.6. The van der Waals surface area contributed by atoms with E-state index in [0.717, 1.165) is 24.8 Å². The molecule has 1 aliphatic rings. The maximum absolute atomic E-state index is 12.8. The number of sulfonamides is 1. The normalized spacial score (nSPS) is 17.0. The zero-order valence-electron chi connectivity index (χ0n) is 17.7. The number of ether oxygens (including phenoxy) is 1. The number of piperidine rings is 1. The van der Waals surface area contributed by atoms with Crippen molar-refractivity contribution in [2.75, 3.05) is 19.6 Å². The molecule has 32 heavy (non-hydrogen) atoms. The summed E-state index contributed by atoms with van der Waals surface area (Å²) < 4.78 is 33.7. The molecule has 2 aromatic rings. The maximum atomic E-state index is 12.8. The first kappa shape index (κ1) is 24.8. The van der Waals surface area contributed by atoms with Crippen LogP contribution in [0.2, 0.25) is 10.0 Å². The van der Waals surface area contributed by atoms with Gasteiger partial charge >= 0.3 is 5.97 Å². The minimum absolute atomic E-state index is 0.0331. The fourth-order valence-corrected chi connectivity index (χ4v) is 4.99. The van der Waals surface area contributed by atoms with Gasteiger partial charge in [0.15, 0.2) is 0 Å². The van der Waals surface area contributed by atoms with E-state index in [1.807, 2.05) is 4.90 Å². The van der Waals surface area contributed by atoms with E-state index >= 15 is 0 Å². The monoisotopic (exact) mass is 500 g/mol. The van der Waals surface area contributed by atoms with Gasteiger partial charge in [-0.05, 0) is 74.8 Å². The summed E-state index contributed by atoms with van der Waals surface area (Å²) in [7, 11) is -3.89. The Morgan fingerprint density at radius 3 is 2.34 bits per heavy atom. The molecule has 1 atom stereocenters. The van der Waals surface area contributed by atoms with Crippen molar-refractivity contribution in [1.82, 2.24) is 9.62 Å². The van der Waals surface area contributed by atoms with Crippen molar-refractivity contribution in [2.24, 2.45) is 0 Å². The molecule has 0 unspecified atom stereocenters. The van der Waals surface area contributed by atoms with Crippen LogP contribution in [-0.4, -0.2) is 49.6 Å². The summed E-state index contributed by atoms with van der Waals surface area (Å²) in [5.74, 6) is -0.563. The zero-order valence-corrected chi connectivity index (χ0v) is 20.0. The molecule has 0 radical (unpaired) electrons. The third-order valence-corrected chi connectivity index (χ3v) is 7.80. The molecule has 0 amide bonds. The Bertz CT molecular complexity index is 1060. The third kappa shape index (κ3) is 5.94. The van der Waals surface area contributed by atoms with Crippen molar-refractivity contribution in [2.45, 2.75) is 43.2 Å². The predicted molar refractivity (Wildman–Crippen MR) is 124 cm³/mol. The van der Waals surface area contributed by atoms with Crippen LogP contribution in [0.25, 0.3) is 0 Å². The lowest BCUT2D eigenvalue weighted by atomic mass is 9.97. The van der Waals surface area contributed by atoms with E-state index in [9.17, 15) is 18.3 Å². The number of halogens is 2. The van der Waals surface area contributed by atoms with Crippen LogP contribution in [-0.2, 0) is 21.4 Å². The van der Waals surface area contributed by atoms with Gasteiger partial charge in [-0.15, -0.1) is 0 Å². The summed E-state index contributed by atoms with van der Waals surface area (Å²) in [6.07, 6.45) is 2.86. The molecule has 174 valence electrons. The molecule has 1 fully saturated rings. The number of rotatable bonds is 9. The maximum Gasteiger partial charge on any atom is 0.325 e. The zero-order chi connectivity index (χ0) is 23.4. The Morgan fingerprint density at radius 1 is 1.09 bits per heavy atom. The number of nitrogens with zero attached hydrogens (tertiary/aromatic N) is 1. The van der Waals surface area contributed by atoms with Crippen molar-refractivity contribution in [1.29, 1.82) is 0 Å². The average molecular weight is 501 g/mol. The quantitative estimate of drug-likeness (QED) is 0.535. The van der Waals surface area contributed by atoms with E-state index in [4.69, 9.17) is 27.9 Å². The van der Waals surface area contributed by atoms with Crippen molar-refractivity contribution in [3.05, 3.63) is 58.1 Å². The Morgan fingerprint density at radius 2 is 1.75 bits per heavy atom. The van der Waals surface area contributed by atoms with E-state index in [-0.39, 0.29) is 18.0 Å². The highest BCUT2D eigenvalue weighted by Crippen LogP contribution is 2.25. The highest BCUT2D eigenvalue weighted by atomic mass is 35.5. The van der Waals surface area contributed by atoms with Crippen molar-refractivity contribution < 1.29 is 23.1 Å². The number of carbonyl (C=O) groups is 1. The van der Waals surface area contributed by atoms with E-state index < -0.39 is 21.5 Å². The first-order chi connectivity index (χ1) is 15.1. The van der Waals surface area contributed by atoms with Gasteiger partial charge in [-0.3, -0.25) is 9.69 Å². The number of carboxylic acids is 1. The van der Waals surface area contributed by atoms with Crippen LogP contribution < -0.4 is 9.46 Å². The van der Waals surface area contributed by atoms with Crippen molar-refractivity contribution >= 4 is 39.2 Å². The predicted octanol–water partition coefficient (Wildman–Crippen LogP) is 4.18. The van der Waals surface area contributed by atoms with Gasteiger partial charge in [0.1, 0.15) is 17.9 Å². The minimum Gasteiger partial charge on any atom is -0.489 e. The van der Waals surface area contributed by atoms with Crippen LogP contribution in [0.15, 0.2) is 47.4 Å². The van der Waals surface area contributed by atoms with Gasteiger partial charge in [-0.25, -0.2) is 13.1 Å². The number of aliphatic carboxylic acids is 1. The number of carboxylic acid groups (broad SMARTS) is 1. The SMILES string of the molecule is C[C@](CNS(=O)(=O)c1ccc(OCc2ccc(Cl)c(Cl)c2)cc1)(C(=O)O)N1CCCCC1. The summed E-state index contributed by atoms with van der Waals surface area (Å²) in [6.45, 7) is 2.85. The van der Waals surface area contributed by atoms with Crippen molar-refractivity contribution in [3.8, 4) is 5.75 Å². The van der Waals surface area contributed by atoms with Gasteiger partial charge in [-0.1, -0.05) is 35.7 Å². The lowest BCUT2D eigenvalue weighted by Gasteiger charge is -2.40. The molecule has 0 bridgehead atoms. The number of benzene rings is 2. The van der Waals surface area contributed by atoms with E-state index in [1.165, 1.54) is 12.1 Å². The number of nitrogens with one attached hydrogen (secondary N) is 1. The molecule has 3 rings (SSSR count). The molecule has 0 aromatic heterocycles. The third-order valence-electron chi connectivity index (χ3n) is 5.64. The summed E-state index contributed by atoms with van der Waals surface area (Å²) in [4.78, 5) is 13.8. The molecule has 10 heteroatoms. The highest BCUT2D eigenvalue weighted by Gasteiger charge is 2.41.